The molecule has 1 amide bonds. The van der Waals surface area contributed by atoms with Gasteiger partial charge < -0.3 is 10.2 Å². The predicted molar refractivity (Wildman–Crippen MR) is 112 cm³/mol. The molecule has 2 aromatic heterocycles. The standard InChI is InChI=1S/C22H21F4N7O/c1-12-13-8-15(9-13)32(18(12)11-27-20-5-4-19(30-31-20)22(24,25)26)21(34)16-10-14(23)2-3-17(16)33-28-6-7-29-33/h2-7,10,12-13,15,18H,8-9,11H2,1H3,(H,27,31). The Bertz CT molecular complexity index is 1180. The Kier molecular flexibility index (Phi) is 5.45. The molecule has 178 valence electrons. The van der Waals surface area contributed by atoms with Gasteiger partial charge >= 0.3 is 6.18 Å². The summed E-state index contributed by atoms with van der Waals surface area (Å²) in [5.74, 6) is -0.139. The van der Waals surface area contributed by atoms with E-state index in [1.807, 2.05) is 6.92 Å². The zero-order chi connectivity index (χ0) is 24.0. The first-order valence-electron chi connectivity index (χ1n) is 10.9. The van der Waals surface area contributed by atoms with Gasteiger partial charge in [0.25, 0.3) is 5.91 Å². The zero-order valence-electron chi connectivity index (χ0n) is 18.1. The van der Waals surface area contributed by atoms with Crippen LogP contribution in [-0.2, 0) is 6.18 Å². The number of alkyl halides is 3. The van der Waals surface area contributed by atoms with Gasteiger partial charge in [-0.25, -0.2) is 4.39 Å². The van der Waals surface area contributed by atoms with Gasteiger partial charge in [0.15, 0.2) is 5.69 Å². The molecular formula is C22H21F4N7O. The average Bonchev–Trinajstić information content (AvgIpc) is 3.31. The number of nitrogens with zero attached hydrogens (tertiary/aromatic N) is 6. The summed E-state index contributed by atoms with van der Waals surface area (Å²) in [6, 6.07) is 5.69. The van der Waals surface area contributed by atoms with E-state index in [9.17, 15) is 22.4 Å². The molecule has 3 aliphatic rings. The fourth-order valence-corrected chi connectivity index (χ4v) is 4.85. The molecule has 34 heavy (non-hydrogen) atoms. The number of rotatable bonds is 5. The number of piperidine rings is 2. The Balaban J connectivity index is 1.40. The molecule has 0 radical (unpaired) electrons. The molecule has 2 saturated heterocycles. The Morgan fingerprint density at radius 3 is 2.50 bits per heavy atom. The molecule has 2 aliphatic heterocycles. The molecule has 1 aromatic carbocycles. The van der Waals surface area contributed by atoms with Crippen LogP contribution < -0.4 is 5.32 Å². The summed E-state index contributed by atoms with van der Waals surface area (Å²) >= 11 is 0. The van der Waals surface area contributed by atoms with Gasteiger partial charge in [-0.05, 0) is 55.0 Å². The minimum Gasteiger partial charge on any atom is -0.367 e. The zero-order valence-corrected chi connectivity index (χ0v) is 18.1. The Labute approximate surface area is 192 Å². The molecule has 8 nitrogen and oxygen atoms in total. The maximum atomic E-state index is 14.2. The number of benzene rings is 1. The largest absolute Gasteiger partial charge is 0.435 e. The van der Waals surface area contributed by atoms with Gasteiger partial charge in [-0.15, -0.1) is 10.2 Å². The van der Waals surface area contributed by atoms with E-state index in [0.717, 1.165) is 18.9 Å². The van der Waals surface area contributed by atoms with Crippen molar-refractivity contribution >= 4 is 11.7 Å². The number of carbonyl (C=O) groups excluding carboxylic acids is 1. The molecule has 6 rings (SSSR count). The van der Waals surface area contributed by atoms with Gasteiger partial charge in [0.2, 0.25) is 0 Å². The van der Waals surface area contributed by atoms with Gasteiger partial charge in [-0.1, -0.05) is 6.92 Å². The molecule has 2 unspecified atom stereocenters. The summed E-state index contributed by atoms with van der Waals surface area (Å²) in [5.41, 5.74) is -0.563. The maximum Gasteiger partial charge on any atom is 0.435 e. The van der Waals surface area contributed by atoms with Crippen molar-refractivity contribution in [2.45, 2.75) is 38.0 Å². The van der Waals surface area contributed by atoms with Gasteiger partial charge in [0, 0.05) is 12.6 Å². The van der Waals surface area contributed by atoms with Crippen molar-refractivity contribution in [1.82, 2.24) is 30.1 Å². The van der Waals surface area contributed by atoms with Gasteiger partial charge in [0.1, 0.15) is 11.6 Å². The van der Waals surface area contributed by atoms with Crippen molar-refractivity contribution in [3.8, 4) is 5.69 Å². The van der Waals surface area contributed by atoms with Crippen LogP contribution in [0.4, 0.5) is 23.4 Å². The second-order valence-electron chi connectivity index (χ2n) is 8.69. The minimum absolute atomic E-state index is 0.000822. The fraction of sp³-hybridized carbons (Fsp3) is 0.409. The molecule has 3 aromatic rings. The third-order valence-corrected chi connectivity index (χ3v) is 6.76. The lowest BCUT2D eigenvalue weighted by molar-refractivity contribution is -0.141. The Morgan fingerprint density at radius 2 is 1.85 bits per heavy atom. The lowest BCUT2D eigenvalue weighted by Crippen LogP contribution is -2.64. The SMILES string of the molecule is CC1C2CC(C2)N(C(=O)c2cc(F)ccc2-n2nccn2)C1CNc1ccc(C(F)(F)F)nn1. The summed E-state index contributed by atoms with van der Waals surface area (Å²) < 4.78 is 52.4. The number of hydrogen-bond donors (Lipinski definition) is 1. The number of aromatic nitrogens is 5. The van der Waals surface area contributed by atoms with Crippen molar-refractivity contribution < 1.29 is 22.4 Å². The van der Waals surface area contributed by atoms with E-state index in [1.165, 1.54) is 41.5 Å². The first kappa shape index (κ1) is 22.2. The number of nitrogens with one attached hydrogen (secondary N) is 1. The molecule has 4 heterocycles. The van der Waals surface area contributed by atoms with Crippen molar-refractivity contribution in [3.05, 3.63) is 59.8 Å². The summed E-state index contributed by atoms with van der Waals surface area (Å²) in [4.78, 5) is 16.8. The molecular weight excluding hydrogens is 454 g/mol. The van der Waals surface area contributed by atoms with Gasteiger partial charge in [-0.2, -0.15) is 28.2 Å². The van der Waals surface area contributed by atoms with E-state index in [0.29, 0.717) is 11.6 Å². The van der Waals surface area contributed by atoms with E-state index in [4.69, 9.17) is 0 Å². The van der Waals surface area contributed by atoms with Crippen LogP contribution in [0.25, 0.3) is 5.69 Å². The highest BCUT2D eigenvalue weighted by Crippen LogP contribution is 2.47. The summed E-state index contributed by atoms with van der Waals surface area (Å²) in [6.07, 6.45) is 0.0756. The Morgan fingerprint density at radius 1 is 1.12 bits per heavy atom. The fourth-order valence-electron chi connectivity index (χ4n) is 4.85. The van der Waals surface area contributed by atoms with Crippen LogP contribution in [0.1, 0.15) is 35.8 Å². The summed E-state index contributed by atoms with van der Waals surface area (Å²) in [7, 11) is 0. The van der Waals surface area contributed by atoms with Crippen LogP contribution in [0, 0.1) is 17.7 Å². The molecule has 3 fully saturated rings. The second-order valence-corrected chi connectivity index (χ2v) is 8.69. The van der Waals surface area contributed by atoms with E-state index >= 15 is 0 Å². The predicted octanol–water partition coefficient (Wildman–Crippen LogP) is 3.57. The third-order valence-electron chi connectivity index (χ3n) is 6.76. The number of carbonyl (C=O) groups is 1. The van der Waals surface area contributed by atoms with Crippen LogP contribution in [0.2, 0.25) is 0 Å². The van der Waals surface area contributed by atoms with Gasteiger partial charge in [-0.3, -0.25) is 4.79 Å². The number of hydrogen-bond acceptors (Lipinski definition) is 6. The number of fused-ring (bicyclic) bond motifs is 2. The normalized spacial score (nSPS) is 24.0. The molecule has 1 N–H and O–H groups in total. The van der Waals surface area contributed by atoms with Crippen molar-refractivity contribution in [3.63, 3.8) is 0 Å². The summed E-state index contributed by atoms with van der Waals surface area (Å²) in [6.45, 7) is 2.32. The van der Waals surface area contributed by atoms with Crippen molar-refractivity contribution in [1.29, 1.82) is 0 Å². The van der Waals surface area contributed by atoms with Crippen LogP contribution >= 0.6 is 0 Å². The first-order chi connectivity index (χ1) is 16.2. The number of amides is 1. The molecule has 2 atom stereocenters. The van der Waals surface area contributed by atoms with E-state index in [-0.39, 0.29) is 41.8 Å². The van der Waals surface area contributed by atoms with E-state index < -0.39 is 17.7 Å². The monoisotopic (exact) mass is 475 g/mol. The molecule has 0 spiro atoms. The quantitative estimate of drug-likeness (QED) is 0.568. The summed E-state index contributed by atoms with van der Waals surface area (Å²) in [5, 5.41) is 18.0. The lowest BCUT2D eigenvalue weighted by atomic mass is 9.64. The minimum atomic E-state index is -4.57. The highest BCUT2D eigenvalue weighted by molar-refractivity contribution is 5.98. The smallest absolute Gasteiger partial charge is 0.367 e. The number of halogens is 4. The molecule has 2 bridgehead atoms. The first-order valence-corrected chi connectivity index (χ1v) is 10.9. The average molecular weight is 475 g/mol. The third kappa shape index (κ3) is 3.97. The highest BCUT2D eigenvalue weighted by Gasteiger charge is 2.50. The maximum absolute atomic E-state index is 14.2. The van der Waals surface area contributed by atoms with Crippen LogP contribution in [0.3, 0.4) is 0 Å². The van der Waals surface area contributed by atoms with E-state index in [2.05, 4.69) is 25.7 Å². The topological polar surface area (TPSA) is 88.8 Å². The van der Waals surface area contributed by atoms with Crippen LogP contribution in [0.15, 0.2) is 42.7 Å². The molecule has 1 aliphatic carbocycles. The lowest BCUT2D eigenvalue weighted by Gasteiger charge is -2.57. The van der Waals surface area contributed by atoms with Gasteiger partial charge in [0.05, 0.1) is 29.7 Å². The highest BCUT2D eigenvalue weighted by atomic mass is 19.4. The Hall–Kier alpha value is -3.57. The van der Waals surface area contributed by atoms with Crippen LogP contribution in [-0.4, -0.2) is 54.6 Å². The van der Waals surface area contributed by atoms with Crippen molar-refractivity contribution in [2.75, 3.05) is 11.9 Å². The molecule has 1 saturated carbocycles. The van der Waals surface area contributed by atoms with E-state index in [1.54, 1.807) is 4.90 Å². The molecule has 12 heteroatoms. The number of anilines is 1. The second kappa shape index (κ2) is 8.33. The van der Waals surface area contributed by atoms with Crippen LogP contribution in [0.5, 0.6) is 0 Å². The van der Waals surface area contributed by atoms with Crippen molar-refractivity contribution in [2.24, 2.45) is 11.8 Å².